The van der Waals surface area contributed by atoms with Gasteiger partial charge < -0.3 is 9.84 Å². The minimum Gasteiger partial charge on any atom is -0.507 e. The van der Waals surface area contributed by atoms with Crippen molar-refractivity contribution >= 4 is 5.90 Å². The monoisotopic (exact) mass is 435 g/mol. The molecule has 32 heavy (non-hydrogen) atoms. The van der Waals surface area contributed by atoms with Gasteiger partial charge in [0.2, 0.25) is 5.90 Å². The van der Waals surface area contributed by atoms with Gasteiger partial charge in [-0.15, -0.1) is 0 Å². The molecule has 0 saturated heterocycles. The van der Waals surface area contributed by atoms with Crippen molar-refractivity contribution in [2.24, 2.45) is 4.99 Å². The van der Waals surface area contributed by atoms with Gasteiger partial charge >= 0.3 is 0 Å². The molecule has 1 unspecified atom stereocenters. The van der Waals surface area contributed by atoms with Crippen molar-refractivity contribution < 1.29 is 18.6 Å². The lowest BCUT2D eigenvalue weighted by Crippen LogP contribution is -2.07. The Kier molecular flexibility index (Phi) is 6.54. The van der Waals surface area contributed by atoms with E-state index in [0.29, 0.717) is 5.75 Å². The Balaban J connectivity index is 1.61. The van der Waals surface area contributed by atoms with E-state index < -0.39 is 11.6 Å². The van der Waals surface area contributed by atoms with Crippen molar-refractivity contribution in [3.8, 4) is 16.9 Å². The summed E-state index contributed by atoms with van der Waals surface area (Å²) in [6.07, 6.45) is 3.80. The average Bonchev–Trinajstić information content (AvgIpc) is 3.26. The zero-order chi connectivity index (χ0) is 22.7. The first-order valence-electron chi connectivity index (χ1n) is 11.1. The number of aromatic hydroxyl groups is 1. The molecule has 0 saturated carbocycles. The smallest absolute Gasteiger partial charge is 0.222 e. The lowest BCUT2D eigenvalue weighted by molar-refractivity contribution is 0.317. The highest BCUT2D eigenvalue weighted by Gasteiger charge is 2.26. The molecule has 0 fully saturated rings. The third kappa shape index (κ3) is 4.24. The summed E-state index contributed by atoms with van der Waals surface area (Å²) in [6.45, 7) is 4.48. The fraction of sp³-hybridized carbons (Fsp3) is 0.296. The summed E-state index contributed by atoms with van der Waals surface area (Å²) in [5.74, 6) is -1.04. The largest absolute Gasteiger partial charge is 0.507 e. The highest BCUT2D eigenvalue weighted by Crippen LogP contribution is 2.36. The Morgan fingerprint density at radius 2 is 1.62 bits per heavy atom. The summed E-state index contributed by atoms with van der Waals surface area (Å²) in [6, 6.07) is 15.2. The lowest BCUT2D eigenvalue weighted by atomic mass is 9.92. The maximum atomic E-state index is 14.0. The van der Waals surface area contributed by atoms with Crippen LogP contribution in [-0.4, -0.2) is 17.6 Å². The molecule has 3 aromatic rings. The zero-order valence-electron chi connectivity index (χ0n) is 18.4. The number of ether oxygens (including phenoxy) is 1. The number of aliphatic imine (C=N–C) groups is 1. The molecule has 1 heterocycles. The predicted molar refractivity (Wildman–Crippen MR) is 123 cm³/mol. The van der Waals surface area contributed by atoms with Crippen molar-refractivity contribution in [1.82, 2.24) is 0 Å². The van der Waals surface area contributed by atoms with Crippen LogP contribution in [0, 0.1) is 11.6 Å². The van der Waals surface area contributed by atoms with Crippen molar-refractivity contribution in [3.05, 3.63) is 88.5 Å². The molecule has 0 bridgehead atoms. The number of halogens is 2. The van der Waals surface area contributed by atoms with E-state index in [1.54, 1.807) is 0 Å². The standard InChI is InChI=1S/C27H27F2NO2/c1-3-6-17-14-15-21(26(31)20(17)7-4-2)18-10-12-19(13-11-18)24-16-32-27(30-24)25-22(28)8-5-9-23(25)29/h5,8-15,24,31H,3-4,6-7,16H2,1-2H3. The number of phenols is 1. The fourth-order valence-electron chi connectivity index (χ4n) is 4.21. The molecule has 3 nitrogen and oxygen atoms in total. The second-order valence-electron chi connectivity index (χ2n) is 8.08. The van der Waals surface area contributed by atoms with Gasteiger partial charge in [0.1, 0.15) is 35.6 Å². The van der Waals surface area contributed by atoms with Crippen LogP contribution >= 0.6 is 0 Å². The van der Waals surface area contributed by atoms with Gasteiger partial charge in [-0.3, -0.25) is 0 Å². The zero-order valence-corrected chi connectivity index (χ0v) is 18.4. The minimum absolute atomic E-state index is 0.0111. The third-order valence-corrected chi connectivity index (χ3v) is 5.83. The Bertz CT molecular complexity index is 1120. The van der Waals surface area contributed by atoms with Crippen LogP contribution in [0.3, 0.4) is 0 Å². The Morgan fingerprint density at radius 3 is 2.28 bits per heavy atom. The normalized spacial score (nSPS) is 15.5. The van der Waals surface area contributed by atoms with Gasteiger partial charge in [-0.1, -0.05) is 69.2 Å². The van der Waals surface area contributed by atoms with Crippen LogP contribution in [0.2, 0.25) is 0 Å². The highest BCUT2D eigenvalue weighted by atomic mass is 19.1. The van der Waals surface area contributed by atoms with Gasteiger partial charge in [-0.25, -0.2) is 13.8 Å². The van der Waals surface area contributed by atoms with E-state index in [1.807, 2.05) is 30.3 Å². The molecule has 1 N–H and O–H groups in total. The summed E-state index contributed by atoms with van der Waals surface area (Å²) in [5.41, 5.74) is 4.61. The van der Waals surface area contributed by atoms with Gasteiger partial charge in [0.15, 0.2) is 0 Å². The van der Waals surface area contributed by atoms with Crippen LogP contribution < -0.4 is 0 Å². The summed E-state index contributed by atoms with van der Waals surface area (Å²) < 4.78 is 33.6. The summed E-state index contributed by atoms with van der Waals surface area (Å²) in [4.78, 5) is 4.41. The van der Waals surface area contributed by atoms with Crippen LogP contribution in [0.5, 0.6) is 5.75 Å². The molecule has 5 heteroatoms. The van der Waals surface area contributed by atoms with Gasteiger partial charge in [-0.2, -0.15) is 0 Å². The van der Waals surface area contributed by atoms with Crippen molar-refractivity contribution in [2.45, 2.75) is 45.6 Å². The van der Waals surface area contributed by atoms with Crippen LogP contribution in [0.15, 0.2) is 59.6 Å². The summed E-state index contributed by atoms with van der Waals surface area (Å²) in [5, 5.41) is 11.0. The quantitative estimate of drug-likeness (QED) is 0.445. The van der Waals surface area contributed by atoms with Crippen molar-refractivity contribution in [3.63, 3.8) is 0 Å². The highest BCUT2D eigenvalue weighted by molar-refractivity contribution is 5.95. The molecule has 1 aliphatic heterocycles. The average molecular weight is 436 g/mol. The molecule has 0 radical (unpaired) electrons. The van der Waals surface area contributed by atoms with E-state index >= 15 is 0 Å². The number of hydrogen-bond acceptors (Lipinski definition) is 3. The Labute approximate surface area is 187 Å². The van der Waals surface area contributed by atoms with Crippen molar-refractivity contribution in [2.75, 3.05) is 6.61 Å². The molecule has 1 aliphatic rings. The maximum Gasteiger partial charge on any atom is 0.222 e. The molecule has 4 rings (SSSR count). The third-order valence-electron chi connectivity index (χ3n) is 5.83. The first kappa shape index (κ1) is 22.0. The van der Waals surface area contributed by atoms with E-state index in [-0.39, 0.29) is 24.1 Å². The van der Waals surface area contributed by atoms with Gasteiger partial charge in [-0.05, 0) is 47.2 Å². The lowest BCUT2D eigenvalue weighted by Gasteiger charge is -2.15. The molecule has 0 aromatic heterocycles. The second kappa shape index (κ2) is 9.51. The number of benzene rings is 3. The molecular weight excluding hydrogens is 408 g/mol. The molecule has 1 atom stereocenters. The molecule has 0 amide bonds. The SMILES string of the molecule is CCCc1ccc(-c2ccc(C3COC(c4c(F)cccc4F)=N3)cc2)c(O)c1CCC. The Hall–Kier alpha value is -3.21. The number of nitrogens with zero attached hydrogens (tertiary/aromatic N) is 1. The first-order valence-corrected chi connectivity index (χ1v) is 11.1. The second-order valence-corrected chi connectivity index (χ2v) is 8.08. The van der Waals surface area contributed by atoms with Crippen LogP contribution in [0.1, 0.15) is 55.0 Å². The van der Waals surface area contributed by atoms with Gasteiger partial charge in [0, 0.05) is 5.56 Å². The molecule has 0 spiro atoms. The van der Waals surface area contributed by atoms with Gasteiger partial charge in [0.05, 0.1) is 0 Å². The number of hydrogen-bond donors (Lipinski definition) is 1. The van der Waals surface area contributed by atoms with Crippen LogP contribution in [0.25, 0.3) is 11.1 Å². The summed E-state index contributed by atoms with van der Waals surface area (Å²) in [7, 11) is 0. The summed E-state index contributed by atoms with van der Waals surface area (Å²) >= 11 is 0. The molecule has 166 valence electrons. The van der Waals surface area contributed by atoms with E-state index in [9.17, 15) is 13.9 Å². The minimum atomic E-state index is -0.690. The molecule has 0 aliphatic carbocycles. The Morgan fingerprint density at radius 1 is 0.938 bits per heavy atom. The molecule has 3 aromatic carbocycles. The number of rotatable bonds is 7. The van der Waals surface area contributed by atoms with E-state index in [1.165, 1.54) is 23.8 Å². The van der Waals surface area contributed by atoms with E-state index in [0.717, 1.165) is 47.9 Å². The number of aryl methyl sites for hydroxylation is 1. The van der Waals surface area contributed by atoms with E-state index in [2.05, 4.69) is 24.9 Å². The molecular formula is C27H27F2NO2. The van der Waals surface area contributed by atoms with Crippen molar-refractivity contribution in [1.29, 1.82) is 0 Å². The van der Waals surface area contributed by atoms with Crippen LogP contribution in [0.4, 0.5) is 8.78 Å². The van der Waals surface area contributed by atoms with E-state index in [4.69, 9.17) is 4.74 Å². The fourth-order valence-corrected chi connectivity index (χ4v) is 4.21. The van der Waals surface area contributed by atoms with Crippen LogP contribution in [-0.2, 0) is 17.6 Å². The first-order chi connectivity index (χ1) is 15.5. The topological polar surface area (TPSA) is 41.8 Å². The van der Waals surface area contributed by atoms with Gasteiger partial charge in [0.25, 0.3) is 0 Å². The maximum absolute atomic E-state index is 14.0. The number of phenolic OH excluding ortho intramolecular Hbond substituents is 1. The predicted octanol–water partition coefficient (Wildman–Crippen LogP) is 6.76.